The van der Waals surface area contributed by atoms with Crippen molar-refractivity contribution < 1.29 is 24.2 Å². The molecule has 142 valence electrons. The SMILES string of the molecule is Cc1c(C(=O)N2CCC(C)(C(=O)O)C2)nnn1-c1ccc2c(c1)OCCO2. The van der Waals surface area contributed by atoms with E-state index in [0.29, 0.717) is 49.1 Å². The molecule has 1 atom stereocenters. The van der Waals surface area contributed by atoms with Crippen LogP contribution in [0.4, 0.5) is 0 Å². The molecule has 0 saturated carbocycles. The molecule has 2 aromatic rings. The standard InChI is InChI=1S/C18H20N4O5/c1-11-15(16(23)21-6-5-18(2,10-21)17(24)25)19-20-22(11)12-3-4-13-14(9-12)27-8-7-26-13/h3-4,9H,5-8,10H2,1-2H3,(H,24,25). The third-order valence-corrected chi connectivity index (χ3v) is 5.14. The van der Waals surface area contributed by atoms with Gasteiger partial charge in [-0.25, -0.2) is 4.68 Å². The van der Waals surface area contributed by atoms with Crippen LogP contribution in [0.15, 0.2) is 18.2 Å². The first kappa shape index (κ1) is 17.3. The van der Waals surface area contributed by atoms with Crippen molar-refractivity contribution in [2.75, 3.05) is 26.3 Å². The number of carbonyl (C=O) groups excluding carboxylic acids is 1. The molecular formula is C18H20N4O5. The zero-order chi connectivity index (χ0) is 19.2. The average Bonchev–Trinajstić information content (AvgIpc) is 3.25. The van der Waals surface area contributed by atoms with Gasteiger partial charge >= 0.3 is 5.97 Å². The molecule has 1 N–H and O–H groups in total. The molecule has 3 heterocycles. The summed E-state index contributed by atoms with van der Waals surface area (Å²) in [4.78, 5) is 25.8. The summed E-state index contributed by atoms with van der Waals surface area (Å²) in [6.45, 7) is 4.96. The summed E-state index contributed by atoms with van der Waals surface area (Å²) in [5.41, 5.74) is 0.593. The van der Waals surface area contributed by atoms with E-state index in [1.54, 1.807) is 30.7 Å². The summed E-state index contributed by atoms with van der Waals surface area (Å²) in [5, 5.41) is 17.5. The number of aromatic nitrogens is 3. The lowest BCUT2D eigenvalue weighted by molar-refractivity contribution is -0.147. The lowest BCUT2D eigenvalue weighted by Gasteiger charge is -2.20. The van der Waals surface area contributed by atoms with Crippen LogP contribution in [-0.4, -0.2) is 63.2 Å². The van der Waals surface area contributed by atoms with Gasteiger partial charge in [0.05, 0.1) is 16.8 Å². The fraction of sp³-hybridized carbons (Fsp3) is 0.444. The number of hydrogen-bond acceptors (Lipinski definition) is 6. The maximum absolute atomic E-state index is 12.8. The van der Waals surface area contributed by atoms with Crippen LogP contribution in [-0.2, 0) is 4.79 Å². The molecule has 0 spiro atoms. The van der Waals surface area contributed by atoms with Gasteiger partial charge in [-0.1, -0.05) is 5.21 Å². The second-order valence-corrected chi connectivity index (χ2v) is 7.11. The number of aliphatic carboxylic acids is 1. The van der Waals surface area contributed by atoms with E-state index in [0.717, 1.165) is 0 Å². The normalized spacial score (nSPS) is 21.3. The molecule has 1 fully saturated rings. The fourth-order valence-electron chi connectivity index (χ4n) is 3.39. The molecule has 4 rings (SSSR count). The predicted molar refractivity (Wildman–Crippen MR) is 93.3 cm³/mol. The highest BCUT2D eigenvalue weighted by Gasteiger charge is 2.43. The Kier molecular flexibility index (Phi) is 4.01. The van der Waals surface area contributed by atoms with Gasteiger partial charge in [0.1, 0.15) is 13.2 Å². The van der Waals surface area contributed by atoms with Crippen LogP contribution in [0.3, 0.4) is 0 Å². The topological polar surface area (TPSA) is 107 Å². The number of fused-ring (bicyclic) bond motifs is 1. The Morgan fingerprint density at radius 3 is 2.67 bits per heavy atom. The summed E-state index contributed by atoms with van der Waals surface area (Å²) >= 11 is 0. The first-order chi connectivity index (χ1) is 12.9. The number of amides is 1. The van der Waals surface area contributed by atoms with Crippen LogP contribution >= 0.6 is 0 Å². The van der Waals surface area contributed by atoms with E-state index in [1.807, 2.05) is 6.07 Å². The van der Waals surface area contributed by atoms with Crippen LogP contribution in [0.25, 0.3) is 5.69 Å². The summed E-state index contributed by atoms with van der Waals surface area (Å²) in [6, 6.07) is 5.41. The largest absolute Gasteiger partial charge is 0.486 e. The van der Waals surface area contributed by atoms with E-state index >= 15 is 0 Å². The molecule has 1 aromatic heterocycles. The molecule has 2 aliphatic rings. The van der Waals surface area contributed by atoms with E-state index in [9.17, 15) is 14.7 Å². The van der Waals surface area contributed by atoms with Gasteiger partial charge in [0, 0.05) is 19.2 Å². The van der Waals surface area contributed by atoms with Crippen molar-refractivity contribution >= 4 is 11.9 Å². The molecule has 1 saturated heterocycles. The Hall–Kier alpha value is -3.10. The molecule has 0 bridgehead atoms. The Morgan fingerprint density at radius 1 is 1.22 bits per heavy atom. The van der Waals surface area contributed by atoms with Crippen molar-refractivity contribution in [1.82, 2.24) is 19.9 Å². The highest BCUT2D eigenvalue weighted by molar-refractivity contribution is 5.94. The van der Waals surface area contributed by atoms with Crippen LogP contribution < -0.4 is 9.47 Å². The van der Waals surface area contributed by atoms with Gasteiger partial charge in [-0.15, -0.1) is 5.10 Å². The summed E-state index contributed by atoms with van der Waals surface area (Å²) < 4.78 is 12.7. The molecule has 1 unspecified atom stereocenters. The number of carbonyl (C=O) groups is 2. The Balaban J connectivity index is 1.59. The van der Waals surface area contributed by atoms with Crippen LogP contribution in [0.5, 0.6) is 11.5 Å². The molecule has 1 amide bonds. The lowest BCUT2D eigenvalue weighted by Crippen LogP contribution is -2.35. The van der Waals surface area contributed by atoms with Crippen molar-refractivity contribution in [2.24, 2.45) is 5.41 Å². The number of rotatable bonds is 3. The van der Waals surface area contributed by atoms with Crippen molar-refractivity contribution in [3.8, 4) is 17.2 Å². The molecule has 27 heavy (non-hydrogen) atoms. The molecule has 9 nitrogen and oxygen atoms in total. The predicted octanol–water partition coefficient (Wildman–Crippen LogP) is 1.28. The molecule has 2 aliphatic heterocycles. The van der Waals surface area contributed by atoms with Crippen LogP contribution in [0.1, 0.15) is 29.5 Å². The number of ether oxygens (including phenoxy) is 2. The highest BCUT2D eigenvalue weighted by atomic mass is 16.6. The second-order valence-electron chi connectivity index (χ2n) is 7.11. The Labute approximate surface area is 155 Å². The summed E-state index contributed by atoms with van der Waals surface area (Å²) in [5.74, 6) is 0.0955. The monoisotopic (exact) mass is 372 g/mol. The van der Waals surface area contributed by atoms with E-state index in [4.69, 9.17) is 9.47 Å². The molecule has 1 aromatic carbocycles. The van der Waals surface area contributed by atoms with Crippen LogP contribution in [0.2, 0.25) is 0 Å². The number of benzene rings is 1. The van der Waals surface area contributed by atoms with Crippen molar-refractivity contribution in [2.45, 2.75) is 20.3 Å². The van der Waals surface area contributed by atoms with E-state index < -0.39 is 11.4 Å². The minimum atomic E-state index is -0.921. The number of carboxylic acid groups (broad SMARTS) is 1. The van der Waals surface area contributed by atoms with Crippen molar-refractivity contribution in [1.29, 1.82) is 0 Å². The first-order valence-corrected chi connectivity index (χ1v) is 8.74. The quantitative estimate of drug-likeness (QED) is 0.865. The van der Waals surface area contributed by atoms with Gasteiger partial charge in [0.15, 0.2) is 17.2 Å². The maximum atomic E-state index is 12.8. The maximum Gasteiger partial charge on any atom is 0.311 e. The molecule has 9 heteroatoms. The average molecular weight is 372 g/mol. The number of carboxylic acids is 1. The molecule has 0 radical (unpaired) electrons. The van der Waals surface area contributed by atoms with E-state index in [2.05, 4.69) is 10.3 Å². The van der Waals surface area contributed by atoms with Gasteiger partial charge < -0.3 is 19.5 Å². The zero-order valence-corrected chi connectivity index (χ0v) is 15.1. The van der Waals surface area contributed by atoms with E-state index in [-0.39, 0.29) is 18.1 Å². The smallest absolute Gasteiger partial charge is 0.311 e. The highest BCUT2D eigenvalue weighted by Crippen LogP contribution is 2.33. The number of nitrogens with zero attached hydrogens (tertiary/aromatic N) is 4. The van der Waals surface area contributed by atoms with Crippen molar-refractivity contribution in [3.63, 3.8) is 0 Å². The molecule has 0 aliphatic carbocycles. The third-order valence-electron chi connectivity index (χ3n) is 5.14. The second kappa shape index (κ2) is 6.26. The number of hydrogen-bond donors (Lipinski definition) is 1. The van der Waals surface area contributed by atoms with Crippen molar-refractivity contribution in [3.05, 3.63) is 29.6 Å². The Morgan fingerprint density at radius 2 is 1.96 bits per heavy atom. The van der Waals surface area contributed by atoms with Gasteiger partial charge in [-0.05, 0) is 32.4 Å². The first-order valence-electron chi connectivity index (χ1n) is 8.74. The Bertz CT molecular complexity index is 924. The summed E-state index contributed by atoms with van der Waals surface area (Å²) in [7, 11) is 0. The summed E-state index contributed by atoms with van der Waals surface area (Å²) in [6.07, 6.45) is 0.420. The lowest BCUT2D eigenvalue weighted by atomic mass is 9.90. The van der Waals surface area contributed by atoms with E-state index in [1.165, 1.54) is 4.90 Å². The minimum Gasteiger partial charge on any atom is -0.486 e. The van der Waals surface area contributed by atoms with Gasteiger partial charge in [-0.2, -0.15) is 0 Å². The van der Waals surface area contributed by atoms with Gasteiger partial charge in [-0.3, -0.25) is 9.59 Å². The fourth-order valence-corrected chi connectivity index (χ4v) is 3.39. The van der Waals surface area contributed by atoms with Gasteiger partial charge in [0.2, 0.25) is 0 Å². The zero-order valence-electron chi connectivity index (χ0n) is 15.1. The minimum absolute atomic E-state index is 0.164. The van der Waals surface area contributed by atoms with Crippen LogP contribution in [0, 0.1) is 12.3 Å². The third kappa shape index (κ3) is 2.88. The molecular weight excluding hydrogens is 352 g/mol. The number of likely N-dealkylation sites (tertiary alicyclic amines) is 1. The van der Waals surface area contributed by atoms with Gasteiger partial charge in [0.25, 0.3) is 5.91 Å².